The van der Waals surface area contributed by atoms with Crippen LogP contribution in [-0.2, 0) is 0 Å². The lowest BCUT2D eigenvalue weighted by atomic mass is 9.86. The Morgan fingerprint density at radius 1 is 1.05 bits per heavy atom. The van der Waals surface area contributed by atoms with Crippen molar-refractivity contribution in [2.75, 3.05) is 26.7 Å². The van der Waals surface area contributed by atoms with E-state index in [2.05, 4.69) is 23.8 Å². The standard InChI is InChI=1S/C17H33N3/c1-14-4-3-9-17(13-18,10-7-14)20-11-8-15-5-6-16(12-20)19(15)2/h14-16H,3-13,18H2,1-2H3. The zero-order chi connectivity index (χ0) is 14.2. The summed E-state index contributed by atoms with van der Waals surface area (Å²) in [5.41, 5.74) is 6.63. The molecular formula is C17H33N3. The van der Waals surface area contributed by atoms with E-state index < -0.39 is 0 Å². The zero-order valence-corrected chi connectivity index (χ0v) is 13.5. The highest BCUT2D eigenvalue weighted by Gasteiger charge is 2.42. The maximum Gasteiger partial charge on any atom is 0.0332 e. The molecule has 0 spiro atoms. The van der Waals surface area contributed by atoms with Crippen molar-refractivity contribution < 1.29 is 0 Å². The van der Waals surface area contributed by atoms with Crippen LogP contribution in [-0.4, -0.2) is 54.1 Å². The number of fused-ring (bicyclic) bond motifs is 2. The first kappa shape index (κ1) is 14.8. The molecule has 3 heteroatoms. The third-order valence-corrected chi connectivity index (χ3v) is 6.64. The van der Waals surface area contributed by atoms with Crippen molar-refractivity contribution in [3.8, 4) is 0 Å². The number of rotatable bonds is 2. The Morgan fingerprint density at radius 2 is 1.85 bits per heavy atom. The molecule has 1 saturated carbocycles. The molecule has 3 fully saturated rings. The smallest absolute Gasteiger partial charge is 0.0332 e. The summed E-state index contributed by atoms with van der Waals surface area (Å²) >= 11 is 0. The Bertz CT molecular complexity index is 332. The molecule has 2 aliphatic heterocycles. The summed E-state index contributed by atoms with van der Waals surface area (Å²) in [6.45, 7) is 5.82. The van der Waals surface area contributed by atoms with Crippen LogP contribution in [0.5, 0.6) is 0 Å². The van der Waals surface area contributed by atoms with Crippen LogP contribution in [0.2, 0.25) is 0 Å². The Labute approximate surface area is 124 Å². The van der Waals surface area contributed by atoms with Gasteiger partial charge in [0.15, 0.2) is 0 Å². The Hall–Kier alpha value is -0.120. The van der Waals surface area contributed by atoms with Crippen molar-refractivity contribution >= 4 is 0 Å². The van der Waals surface area contributed by atoms with E-state index in [-0.39, 0.29) is 0 Å². The highest BCUT2D eigenvalue weighted by Crippen LogP contribution is 2.38. The highest BCUT2D eigenvalue weighted by molar-refractivity contribution is 5.00. The highest BCUT2D eigenvalue weighted by atomic mass is 15.3. The number of likely N-dealkylation sites (N-methyl/N-ethyl adjacent to an activating group) is 1. The van der Waals surface area contributed by atoms with Gasteiger partial charge in [-0.25, -0.2) is 0 Å². The van der Waals surface area contributed by atoms with Gasteiger partial charge in [0.1, 0.15) is 0 Å². The van der Waals surface area contributed by atoms with Crippen LogP contribution >= 0.6 is 0 Å². The molecule has 2 heterocycles. The van der Waals surface area contributed by atoms with Crippen LogP contribution in [0.3, 0.4) is 0 Å². The van der Waals surface area contributed by atoms with Gasteiger partial charge in [-0.05, 0) is 51.5 Å². The van der Waals surface area contributed by atoms with Gasteiger partial charge in [0, 0.05) is 37.3 Å². The van der Waals surface area contributed by atoms with Crippen LogP contribution in [0, 0.1) is 5.92 Å². The summed E-state index contributed by atoms with van der Waals surface area (Å²) in [7, 11) is 2.34. The van der Waals surface area contributed by atoms with Crippen LogP contribution in [0.1, 0.15) is 58.3 Å². The van der Waals surface area contributed by atoms with Gasteiger partial charge in [-0.1, -0.05) is 19.8 Å². The minimum Gasteiger partial charge on any atom is -0.329 e. The summed E-state index contributed by atoms with van der Waals surface area (Å²) < 4.78 is 0. The van der Waals surface area contributed by atoms with E-state index in [1.54, 1.807) is 0 Å². The topological polar surface area (TPSA) is 32.5 Å². The van der Waals surface area contributed by atoms with Crippen LogP contribution in [0.15, 0.2) is 0 Å². The summed E-state index contributed by atoms with van der Waals surface area (Å²) in [6, 6.07) is 1.62. The fourth-order valence-electron chi connectivity index (χ4n) is 4.95. The number of nitrogens with two attached hydrogens (primary N) is 1. The molecular weight excluding hydrogens is 246 g/mol. The summed E-state index contributed by atoms with van der Waals surface area (Å²) in [5, 5.41) is 0. The fourth-order valence-corrected chi connectivity index (χ4v) is 4.95. The van der Waals surface area contributed by atoms with Gasteiger partial charge in [-0.2, -0.15) is 0 Å². The molecule has 2 N–H and O–H groups in total. The summed E-state index contributed by atoms with van der Waals surface area (Å²) in [6.07, 6.45) is 11.0. The molecule has 20 heavy (non-hydrogen) atoms. The lowest BCUT2D eigenvalue weighted by molar-refractivity contribution is 0.0673. The Morgan fingerprint density at radius 3 is 2.65 bits per heavy atom. The minimum absolute atomic E-state index is 0.316. The van der Waals surface area contributed by atoms with Crippen molar-refractivity contribution in [2.24, 2.45) is 11.7 Å². The van der Waals surface area contributed by atoms with Gasteiger partial charge in [-0.15, -0.1) is 0 Å². The van der Waals surface area contributed by atoms with E-state index in [0.29, 0.717) is 5.54 Å². The third-order valence-electron chi connectivity index (χ3n) is 6.64. The van der Waals surface area contributed by atoms with E-state index >= 15 is 0 Å². The molecule has 0 amide bonds. The molecule has 2 saturated heterocycles. The second-order valence-corrected chi connectivity index (χ2v) is 7.75. The normalized spacial score (nSPS) is 44.2. The molecule has 3 nitrogen and oxygen atoms in total. The molecule has 0 aromatic carbocycles. The lowest BCUT2D eigenvalue weighted by Gasteiger charge is -2.44. The predicted octanol–water partition coefficient (Wildman–Crippen LogP) is 2.45. The Kier molecular flexibility index (Phi) is 4.40. The van der Waals surface area contributed by atoms with Crippen LogP contribution in [0.4, 0.5) is 0 Å². The van der Waals surface area contributed by atoms with Crippen molar-refractivity contribution in [1.82, 2.24) is 9.80 Å². The molecule has 4 atom stereocenters. The number of nitrogens with zero attached hydrogens (tertiary/aromatic N) is 2. The molecule has 4 unspecified atom stereocenters. The summed E-state index contributed by atoms with van der Waals surface area (Å²) in [5.74, 6) is 0.898. The SMILES string of the molecule is CC1CCCC(CN)(N2CCC3CCC(C2)N3C)CC1. The predicted molar refractivity (Wildman–Crippen MR) is 84.8 cm³/mol. The van der Waals surface area contributed by atoms with Crippen LogP contribution < -0.4 is 5.73 Å². The fraction of sp³-hybridized carbons (Fsp3) is 1.00. The average Bonchev–Trinajstić information content (AvgIpc) is 2.59. The molecule has 0 radical (unpaired) electrons. The molecule has 1 aliphatic carbocycles. The number of hydrogen-bond acceptors (Lipinski definition) is 3. The molecule has 3 rings (SSSR count). The molecule has 0 aromatic rings. The van der Waals surface area contributed by atoms with E-state index in [0.717, 1.165) is 24.5 Å². The van der Waals surface area contributed by atoms with E-state index in [1.165, 1.54) is 64.5 Å². The van der Waals surface area contributed by atoms with Gasteiger partial charge in [0.2, 0.25) is 0 Å². The van der Waals surface area contributed by atoms with E-state index in [9.17, 15) is 0 Å². The largest absolute Gasteiger partial charge is 0.329 e. The molecule has 2 bridgehead atoms. The first-order valence-electron chi connectivity index (χ1n) is 8.82. The lowest BCUT2D eigenvalue weighted by Crippen LogP contribution is -2.56. The van der Waals surface area contributed by atoms with Gasteiger partial charge in [0.25, 0.3) is 0 Å². The zero-order valence-electron chi connectivity index (χ0n) is 13.5. The minimum atomic E-state index is 0.316. The number of likely N-dealkylation sites (tertiary alicyclic amines) is 1. The quantitative estimate of drug-likeness (QED) is 0.788. The average molecular weight is 279 g/mol. The maximum atomic E-state index is 6.31. The Balaban J connectivity index is 1.75. The van der Waals surface area contributed by atoms with E-state index in [4.69, 9.17) is 5.73 Å². The second kappa shape index (κ2) is 5.94. The monoisotopic (exact) mass is 279 g/mol. The van der Waals surface area contributed by atoms with Gasteiger partial charge in [-0.3, -0.25) is 9.80 Å². The van der Waals surface area contributed by atoms with Crippen molar-refractivity contribution in [3.63, 3.8) is 0 Å². The van der Waals surface area contributed by atoms with E-state index in [1.807, 2.05) is 0 Å². The van der Waals surface area contributed by atoms with Gasteiger partial charge in [0.05, 0.1) is 0 Å². The van der Waals surface area contributed by atoms with Gasteiger partial charge < -0.3 is 5.73 Å². The van der Waals surface area contributed by atoms with Crippen LogP contribution in [0.25, 0.3) is 0 Å². The summed E-state index contributed by atoms with van der Waals surface area (Å²) in [4.78, 5) is 5.47. The molecule has 116 valence electrons. The molecule has 0 aromatic heterocycles. The van der Waals surface area contributed by atoms with Crippen molar-refractivity contribution in [3.05, 3.63) is 0 Å². The van der Waals surface area contributed by atoms with Gasteiger partial charge >= 0.3 is 0 Å². The second-order valence-electron chi connectivity index (χ2n) is 7.75. The van der Waals surface area contributed by atoms with Crippen molar-refractivity contribution in [2.45, 2.75) is 75.9 Å². The third kappa shape index (κ3) is 2.65. The first-order chi connectivity index (χ1) is 9.64. The van der Waals surface area contributed by atoms with Crippen molar-refractivity contribution in [1.29, 1.82) is 0 Å². The first-order valence-corrected chi connectivity index (χ1v) is 8.82. The maximum absolute atomic E-state index is 6.31. The molecule has 3 aliphatic rings. The number of hydrogen-bond donors (Lipinski definition) is 1.